The van der Waals surface area contributed by atoms with Gasteiger partial charge in [0.05, 0.1) is 12.7 Å². The number of nitrogens with two attached hydrogens (primary N) is 1. The number of nitrogens with one attached hydrogen (secondary N) is 2. The molecule has 1 aliphatic rings. The van der Waals surface area contributed by atoms with E-state index in [9.17, 15) is 28.5 Å². The molecule has 174 valence electrons. The monoisotopic (exact) mass is 508 g/mol. The molecule has 2 unspecified atom stereocenters. The quantitative estimate of drug-likeness (QED) is 0.143. The third-order valence-corrected chi connectivity index (χ3v) is 7.65. The molecule has 3 rings (SSSR count). The number of aliphatic hydroxyl groups is 1. The second-order valence-electron chi connectivity index (χ2n) is 6.15. The molecule has 21 heteroatoms. The Bertz CT molecular complexity index is 1170. The lowest BCUT2D eigenvalue weighted by atomic mass is 10.2. The average molecular weight is 508 g/mol. The van der Waals surface area contributed by atoms with E-state index in [0.717, 1.165) is 0 Å². The van der Waals surface area contributed by atoms with Crippen LogP contribution in [0.1, 0.15) is 12.6 Å². The van der Waals surface area contributed by atoms with Crippen molar-refractivity contribution in [1.29, 1.82) is 0 Å². The molecule has 18 nitrogen and oxygen atoms in total. The lowest BCUT2D eigenvalue weighted by Gasteiger charge is -2.18. The zero-order valence-corrected chi connectivity index (χ0v) is 17.7. The molecule has 0 aliphatic carbocycles. The van der Waals surface area contributed by atoms with Gasteiger partial charge in [0.15, 0.2) is 12.6 Å². The van der Waals surface area contributed by atoms with Crippen LogP contribution in [0.25, 0.3) is 11.2 Å². The molecule has 9 N–H and O–H groups in total. The van der Waals surface area contributed by atoms with Gasteiger partial charge in [0.2, 0.25) is 5.52 Å². The zero-order valence-electron chi connectivity index (χ0n) is 15.0. The Kier molecular flexibility index (Phi) is 6.57. The third kappa shape index (κ3) is 6.04. The number of aliphatic hydroxyl groups excluding tert-OH is 1. The van der Waals surface area contributed by atoms with Gasteiger partial charge in [-0.05, 0) is 0 Å². The van der Waals surface area contributed by atoms with E-state index >= 15 is 0 Å². The maximum atomic E-state index is 11.9. The summed E-state index contributed by atoms with van der Waals surface area (Å²) in [5, 5.41) is 10.1. The highest BCUT2D eigenvalue weighted by Crippen LogP contribution is 2.66. The van der Waals surface area contributed by atoms with Crippen molar-refractivity contribution in [2.45, 2.75) is 24.9 Å². The van der Waals surface area contributed by atoms with Gasteiger partial charge in [-0.25, -0.2) is 18.3 Å². The first-order valence-corrected chi connectivity index (χ1v) is 12.6. The SMILES string of the molecule is Nc1nc2c([nH]c[n+]2[C@H]2C[C@H](O)[C@@H](COP(=O)(O)OP(=O)(O)OP(=O)(O)O)O2)c(=O)[nH]1. The summed E-state index contributed by atoms with van der Waals surface area (Å²) in [7, 11) is -16.6. The van der Waals surface area contributed by atoms with Crippen molar-refractivity contribution in [3.63, 3.8) is 0 Å². The van der Waals surface area contributed by atoms with Crippen LogP contribution in [0, 0.1) is 0 Å². The predicted octanol–water partition coefficient (Wildman–Crippen LogP) is -1.89. The number of H-pyrrole nitrogens is 2. The Morgan fingerprint density at radius 3 is 2.55 bits per heavy atom. The molecule has 1 aliphatic heterocycles. The van der Waals surface area contributed by atoms with Crippen molar-refractivity contribution in [2.75, 3.05) is 12.3 Å². The molecule has 2 aromatic heterocycles. The molecule has 1 saturated heterocycles. The van der Waals surface area contributed by atoms with Gasteiger partial charge in [-0.3, -0.25) is 19.3 Å². The van der Waals surface area contributed by atoms with E-state index < -0.39 is 54.1 Å². The molecule has 0 saturated carbocycles. The molecule has 2 aromatic rings. The number of rotatable bonds is 8. The number of phosphoric acid groups is 3. The van der Waals surface area contributed by atoms with Gasteiger partial charge in [-0.1, -0.05) is 4.98 Å². The number of phosphoric ester groups is 1. The summed E-state index contributed by atoms with van der Waals surface area (Å²) < 4.78 is 52.2. The second-order valence-corrected chi connectivity index (χ2v) is 10.6. The lowest BCUT2D eigenvalue weighted by Crippen LogP contribution is -2.39. The van der Waals surface area contributed by atoms with E-state index in [-0.39, 0.29) is 23.5 Å². The van der Waals surface area contributed by atoms with E-state index in [0.29, 0.717) is 0 Å². The molecule has 5 atom stereocenters. The standard InChI is InChI=1S/C10H16N5O13P3/c11-10-13-8-7(9(17)14-10)12-3-15(8)6-1-4(16)5(26-6)2-25-30(21,22)28-31(23,24)27-29(18,19)20/h3-6,16H,1-2H2,(H7,11,13,14,17,18,19,20,21,22,23,24)/p+1/t4-,5+,6+/m0/s1. The topological polar surface area (TPSA) is 281 Å². The highest BCUT2D eigenvalue weighted by molar-refractivity contribution is 7.66. The van der Waals surface area contributed by atoms with Crippen LogP contribution in [0.5, 0.6) is 0 Å². The number of nitrogen functional groups attached to an aromatic ring is 1. The smallest absolute Gasteiger partial charge is 0.390 e. The van der Waals surface area contributed by atoms with E-state index in [4.69, 9.17) is 25.2 Å². The number of aromatic nitrogens is 4. The van der Waals surface area contributed by atoms with Gasteiger partial charge >= 0.3 is 29.1 Å². The highest BCUT2D eigenvalue weighted by atomic mass is 31.3. The minimum Gasteiger partial charge on any atom is -0.390 e. The molecule has 0 bridgehead atoms. The Hall–Kier alpha value is -1.52. The Morgan fingerprint density at radius 2 is 1.90 bits per heavy atom. The number of fused-ring (bicyclic) bond motifs is 1. The van der Waals surface area contributed by atoms with Crippen molar-refractivity contribution in [1.82, 2.24) is 15.0 Å². The zero-order chi connectivity index (χ0) is 23.2. The van der Waals surface area contributed by atoms with Crippen molar-refractivity contribution < 1.29 is 60.8 Å². The summed E-state index contributed by atoms with van der Waals surface area (Å²) in [6.45, 7) is -0.833. The maximum Gasteiger partial charge on any atom is 0.490 e. The second kappa shape index (κ2) is 8.44. The molecule has 0 amide bonds. The molecular formula is C10H17N5O13P3+. The minimum atomic E-state index is -5.67. The fourth-order valence-electron chi connectivity index (χ4n) is 2.72. The summed E-state index contributed by atoms with van der Waals surface area (Å²) in [6.07, 6.45) is -2.15. The normalized spacial score (nSPS) is 26.0. The van der Waals surface area contributed by atoms with Crippen LogP contribution in [0.4, 0.5) is 5.95 Å². The van der Waals surface area contributed by atoms with Crippen LogP contribution in [0.3, 0.4) is 0 Å². The number of aromatic amines is 2. The van der Waals surface area contributed by atoms with E-state index in [1.807, 2.05) is 0 Å². The third-order valence-electron chi connectivity index (χ3n) is 3.84. The highest BCUT2D eigenvalue weighted by Gasteiger charge is 2.43. The Balaban J connectivity index is 1.67. The number of anilines is 1. The van der Waals surface area contributed by atoms with E-state index in [2.05, 4.69) is 28.1 Å². The van der Waals surface area contributed by atoms with Crippen LogP contribution in [0.2, 0.25) is 0 Å². The van der Waals surface area contributed by atoms with Crippen LogP contribution >= 0.6 is 23.5 Å². The molecule has 0 radical (unpaired) electrons. The summed E-state index contributed by atoms with van der Waals surface area (Å²) >= 11 is 0. The van der Waals surface area contributed by atoms with E-state index in [1.165, 1.54) is 10.9 Å². The number of hydrogen-bond acceptors (Lipinski definition) is 11. The molecular weight excluding hydrogens is 491 g/mol. The fraction of sp³-hybridized carbons (Fsp3) is 0.500. The van der Waals surface area contributed by atoms with Crippen LogP contribution in [-0.2, 0) is 31.6 Å². The minimum absolute atomic E-state index is 0.0730. The van der Waals surface area contributed by atoms with Crippen LogP contribution < -0.4 is 15.9 Å². The first-order chi connectivity index (χ1) is 14.2. The van der Waals surface area contributed by atoms with Gasteiger partial charge in [0, 0.05) is 6.42 Å². The molecule has 31 heavy (non-hydrogen) atoms. The lowest BCUT2D eigenvalue weighted by molar-refractivity contribution is -0.738. The number of hydrogen-bond donors (Lipinski definition) is 8. The first-order valence-electron chi connectivity index (χ1n) is 8.06. The number of nitrogens with zero attached hydrogens (tertiary/aromatic N) is 2. The summed E-state index contributed by atoms with van der Waals surface area (Å²) in [5.41, 5.74) is 5.14. The van der Waals surface area contributed by atoms with Gasteiger partial charge in [0.1, 0.15) is 6.10 Å². The maximum absolute atomic E-state index is 11.9. The Labute approximate surface area is 171 Å². The van der Waals surface area contributed by atoms with Gasteiger partial charge in [0.25, 0.3) is 11.5 Å². The van der Waals surface area contributed by atoms with E-state index in [1.54, 1.807) is 0 Å². The number of imidazole rings is 1. The van der Waals surface area contributed by atoms with Crippen LogP contribution in [0.15, 0.2) is 11.1 Å². The largest absolute Gasteiger partial charge is 0.490 e. The fourth-order valence-corrected chi connectivity index (χ4v) is 5.75. The predicted molar refractivity (Wildman–Crippen MR) is 95.7 cm³/mol. The van der Waals surface area contributed by atoms with Crippen LogP contribution in [-0.4, -0.2) is 58.4 Å². The molecule has 1 fully saturated rings. The molecule has 0 aromatic carbocycles. The summed E-state index contributed by atoms with van der Waals surface area (Å²) in [6, 6.07) is 0. The van der Waals surface area contributed by atoms with Gasteiger partial charge in [-0.2, -0.15) is 8.62 Å². The van der Waals surface area contributed by atoms with Crippen molar-refractivity contribution in [3.05, 3.63) is 16.7 Å². The first kappa shape index (κ1) is 24.1. The summed E-state index contributed by atoms with van der Waals surface area (Å²) in [5.74, 6) is -0.173. The Morgan fingerprint density at radius 1 is 1.23 bits per heavy atom. The number of ether oxygens (including phenoxy) is 1. The average Bonchev–Trinajstić information content (AvgIpc) is 3.13. The van der Waals surface area contributed by atoms with Crippen molar-refractivity contribution >= 4 is 40.6 Å². The summed E-state index contributed by atoms with van der Waals surface area (Å²) in [4.78, 5) is 56.3. The van der Waals surface area contributed by atoms with Crippen molar-refractivity contribution in [3.8, 4) is 0 Å². The van der Waals surface area contributed by atoms with Crippen molar-refractivity contribution in [2.24, 2.45) is 0 Å². The molecule has 0 spiro atoms. The van der Waals surface area contributed by atoms with Gasteiger partial charge in [-0.15, -0.1) is 0 Å². The van der Waals surface area contributed by atoms with Gasteiger partial charge < -0.3 is 35.2 Å². The molecule has 3 heterocycles.